The van der Waals surface area contributed by atoms with Crippen LogP contribution in [0.3, 0.4) is 0 Å². The molecule has 3 aliphatic carbocycles. The third-order valence-electron chi connectivity index (χ3n) is 11.8. The fourth-order valence-electron chi connectivity index (χ4n) is 8.96. The zero-order valence-corrected chi connectivity index (χ0v) is 24.9. The Morgan fingerprint density at radius 1 is 0.902 bits per heavy atom. The minimum atomic E-state index is -0.144. The Hall–Kier alpha value is -1.71. The standard InChI is InChI=1S/C32H51N5O4/c38-31(40-27-10-7-11-27)36-17-13-23(14-18-36)29-34-30(41-35-29)24-12-16-32(25-8-5-3-1-2-4-6-9-25)22-33-37(28(32)20-24)26-15-19-39-21-26/h23-28,33H,1-22H2. The Labute approximate surface area is 245 Å². The predicted molar refractivity (Wildman–Crippen MR) is 154 cm³/mol. The molecular weight excluding hydrogens is 518 g/mol. The molecule has 4 atom stereocenters. The molecule has 1 amide bonds. The molecule has 0 radical (unpaired) electrons. The molecule has 0 aromatic carbocycles. The van der Waals surface area contributed by atoms with E-state index in [4.69, 9.17) is 19.0 Å². The molecule has 6 aliphatic rings. The second kappa shape index (κ2) is 12.5. The van der Waals surface area contributed by atoms with E-state index in [0.717, 1.165) is 82.3 Å². The molecule has 1 aromatic rings. The minimum absolute atomic E-state index is 0.137. The van der Waals surface area contributed by atoms with Crippen molar-refractivity contribution in [2.45, 2.75) is 139 Å². The molecule has 228 valence electrons. The Balaban J connectivity index is 1.02. The van der Waals surface area contributed by atoms with E-state index in [1.807, 2.05) is 4.90 Å². The maximum Gasteiger partial charge on any atom is 0.410 e. The normalized spacial score (nSPS) is 34.9. The van der Waals surface area contributed by atoms with Crippen molar-refractivity contribution in [3.8, 4) is 0 Å². The number of nitrogens with zero attached hydrogens (tertiary/aromatic N) is 4. The van der Waals surface area contributed by atoms with E-state index in [-0.39, 0.29) is 18.1 Å². The number of hydrogen-bond acceptors (Lipinski definition) is 8. The third kappa shape index (κ3) is 5.79. The van der Waals surface area contributed by atoms with Gasteiger partial charge in [0, 0.05) is 49.5 Å². The van der Waals surface area contributed by atoms with Gasteiger partial charge in [-0.2, -0.15) is 4.98 Å². The van der Waals surface area contributed by atoms with Crippen LogP contribution in [0.15, 0.2) is 4.52 Å². The number of rotatable bonds is 5. The zero-order valence-electron chi connectivity index (χ0n) is 24.9. The molecule has 4 unspecified atom stereocenters. The Morgan fingerprint density at radius 3 is 2.39 bits per heavy atom. The fraction of sp³-hybridized carbons (Fsp3) is 0.906. The molecule has 3 aliphatic heterocycles. The summed E-state index contributed by atoms with van der Waals surface area (Å²) < 4.78 is 17.5. The summed E-state index contributed by atoms with van der Waals surface area (Å²) in [5.41, 5.74) is 4.28. The topological polar surface area (TPSA) is 93.0 Å². The van der Waals surface area contributed by atoms with E-state index < -0.39 is 0 Å². The van der Waals surface area contributed by atoms with E-state index in [1.54, 1.807) is 0 Å². The van der Waals surface area contributed by atoms with E-state index in [1.165, 1.54) is 64.2 Å². The highest BCUT2D eigenvalue weighted by atomic mass is 16.6. The van der Waals surface area contributed by atoms with Gasteiger partial charge in [-0.3, -0.25) is 5.43 Å². The number of amides is 1. The number of carbonyl (C=O) groups is 1. The summed E-state index contributed by atoms with van der Waals surface area (Å²) in [5, 5.41) is 7.13. The first-order valence-electron chi connectivity index (χ1n) is 17.1. The van der Waals surface area contributed by atoms with Gasteiger partial charge in [-0.15, -0.1) is 0 Å². The summed E-state index contributed by atoms with van der Waals surface area (Å²) in [6.07, 6.45) is 20.7. The van der Waals surface area contributed by atoms with Crippen molar-refractivity contribution in [3.63, 3.8) is 0 Å². The highest BCUT2D eigenvalue weighted by Crippen LogP contribution is 2.54. The minimum Gasteiger partial charge on any atom is -0.446 e. The van der Waals surface area contributed by atoms with Crippen molar-refractivity contribution in [2.24, 2.45) is 11.3 Å². The SMILES string of the molecule is O=C(OC1CCC1)N1CCC(c2noc(C3CCC4(C5CCCCCCCC5)CNN(C5CCOC5)C4C3)n2)CC1. The fourth-order valence-corrected chi connectivity index (χ4v) is 8.96. The summed E-state index contributed by atoms with van der Waals surface area (Å²) in [5.74, 6) is 3.04. The molecule has 4 heterocycles. The van der Waals surface area contributed by atoms with Gasteiger partial charge in [0.2, 0.25) is 5.89 Å². The van der Waals surface area contributed by atoms with Gasteiger partial charge in [0.1, 0.15) is 6.10 Å². The van der Waals surface area contributed by atoms with Gasteiger partial charge in [0.15, 0.2) is 5.82 Å². The average Bonchev–Trinajstić information content (AvgIpc) is 3.75. The quantitative estimate of drug-likeness (QED) is 0.467. The molecule has 1 N–H and O–H groups in total. The largest absolute Gasteiger partial charge is 0.446 e. The molecule has 0 spiro atoms. The van der Waals surface area contributed by atoms with Gasteiger partial charge in [0.25, 0.3) is 0 Å². The van der Waals surface area contributed by atoms with Crippen molar-refractivity contribution in [2.75, 3.05) is 32.8 Å². The summed E-state index contributed by atoms with van der Waals surface area (Å²) in [7, 11) is 0. The van der Waals surface area contributed by atoms with Crippen LogP contribution in [0.5, 0.6) is 0 Å². The van der Waals surface area contributed by atoms with Gasteiger partial charge in [0.05, 0.1) is 12.6 Å². The molecule has 41 heavy (non-hydrogen) atoms. The average molecular weight is 570 g/mol. The molecule has 3 saturated heterocycles. The predicted octanol–water partition coefficient (Wildman–Crippen LogP) is 5.92. The maximum atomic E-state index is 12.5. The Morgan fingerprint density at radius 2 is 1.68 bits per heavy atom. The van der Waals surface area contributed by atoms with Crippen molar-refractivity contribution in [3.05, 3.63) is 11.7 Å². The van der Waals surface area contributed by atoms with E-state index >= 15 is 0 Å². The third-order valence-corrected chi connectivity index (χ3v) is 11.8. The van der Waals surface area contributed by atoms with E-state index in [2.05, 4.69) is 15.6 Å². The molecule has 9 nitrogen and oxygen atoms in total. The van der Waals surface area contributed by atoms with Crippen LogP contribution in [0.2, 0.25) is 0 Å². The smallest absolute Gasteiger partial charge is 0.410 e. The molecule has 7 rings (SSSR count). The molecule has 3 saturated carbocycles. The monoisotopic (exact) mass is 569 g/mol. The second-order valence-corrected chi connectivity index (χ2v) is 14.1. The summed E-state index contributed by atoms with van der Waals surface area (Å²) in [6.45, 7) is 4.24. The van der Waals surface area contributed by atoms with Crippen LogP contribution in [0.4, 0.5) is 4.79 Å². The van der Waals surface area contributed by atoms with Gasteiger partial charge in [-0.25, -0.2) is 9.80 Å². The van der Waals surface area contributed by atoms with Crippen molar-refractivity contribution < 1.29 is 18.8 Å². The highest BCUT2D eigenvalue weighted by molar-refractivity contribution is 5.68. The Bertz CT molecular complexity index is 1010. The first-order chi connectivity index (χ1) is 20.2. The van der Waals surface area contributed by atoms with E-state index in [0.29, 0.717) is 36.5 Å². The molecule has 1 aromatic heterocycles. The zero-order chi connectivity index (χ0) is 27.6. The van der Waals surface area contributed by atoms with Crippen molar-refractivity contribution in [1.82, 2.24) is 25.5 Å². The highest BCUT2D eigenvalue weighted by Gasteiger charge is 2.56. The lowest BCUT2D eigenvalue weighted by Gasteiger charge is -2.48. The first kappa shape index (κ1) is 28.1. The Kier molecular flexibility index (Phi) is 8.56. The number of aromatic nitrogens is 2. The van der Waals surface area contributed by atoms with Crippen molar-refractivity contribution in [1.29, 1.82) is 0 Å². The summed E-state index contributed by atoms with van der Waals surface area (Å²) in [4.78, 5) is 19.4. The number of hydrazine groups is 1. The number of fused-ring (bicyclic) bond motifs is 1. The van der Waals surface area contributed by atoms with Gasteiger partial charge in [-0.05, 0) is 76.5 Å². The number of likely N-dealkylation sites (tertiary alicyclic amines) is 1. The van der Waals surface area contributed by atoms with Crippen LogP contribution in [-0.2, 0) is 9.47 Å². The van der Waals surface area contributed by atoms with E-state index in [9.17, 15) is 4.79 Å². The number of nitrogens with one attached hydrogen (secondary N) is 1. The van der Waals surface area contributed by atoms with Crippen LogP contribution >= 0.6 is 0 Å². The van der Waals surface area contributed by atoms with Crippen LogP contribution in [0.1, 0.15) is 133 Å². The first-order valence-corrected chi connectivity index (χ1v) is 17.1. The van der Waals surface area contributed by atoms with Crippen molar-refractivity contribution >= 4 is 6.09 Å². The van der Waals surface area contributed by atoms with Crippen LogP contribution in [0.25, 0.3) is 0 Å². The summed E-state index contributed by atoms with van der Waals surface area (Å²) >= 11 is 0. The summed E-state index contributed by atoms with van der Waals surface area (Å²) in [6, 6.07) is 0.968. The number of hydrogen-bond donors (Lipinski definition) is 1. The van der Waals surface area contributed by atoms with Gasteiger partial charge >= 0.3 is 6.09 Å². The second-order valence-electron chi connectivity index (χ2n) is 14.1. The molecule has 6 fully saturated rings. The lowest BCUT2D eigenvalue weighted by atomic mass is 9.59. The van der Waals surface area contributed by atoms with Gasteiger partial charge in [-0.1, -0.05) is 43.7 Å². The molecule has 9 heteroatoms. The molecule has 0 bridgehead atoms. The number of ether oxygens (including phenoxy) is 2. The number of carbonyl (C=O) groups excluding carboxylic acids is 1. The van der Waals surface area contributed by atoms with Crippen LogP contribution in [0, 0.1) is 11.3 Å². The lowest BCUT2D eigenvalue weighted by molar-refractivity contribution is 0.00168. The lowest BCUT2D eigenvalue weighted by Crippen LogP contribution is -2.52. The van der Waals surface area contributed by atoms with Crippen LogP contribution < -0.4 is 5.43 Å². The van der Waals surface area contributed by atoms with Crippen LogP contribution in [-0.4, -0.2) is 77.2 Å². The molecular formula is C32H51N5O4. The maximum absolute atomic E-state index is 12.5. The van der Waals surface area contributed by atoms with Gasteiger partial charge < -0.3 is 18.9 Å². The number of piperidine rings is 1.